The average Bonchev–Trinajstić information content (AvgIpc) is 2.55. The van der Waals surface area contributed by atoms with Crippen molar-refractivity contribution < 1.29 is 0 Å². The molecular weight excluding hydrogens is 196 g/mol. The van der Waals surface area contributed by atoms with Crippen molar-refractivity contribution in [2.45, 2.75) is 25.8 Å². The van der Waals surface area contributed by atoms with E-state index in [0.29, 0.717) is 11.9 Å². The van der Waals surface area contributed by atoms with Gasteiger partial charge in [0.15, 0.2) is 0 Å². The van der Waals surface area contributed by atoms with Crippen molar-refractivity contribution in [1.29, 1.82) is 0 Å². The first-order valence-corrected chi connectivity index (χ1v) is 5.29. The fourth-order valence-corrected chi connectivity index (χ4v) is 1.95. The molecule has 3 heteroatoms. The van der Waals surface area contributed by atoms with Gasteiger partial charge in [-0.1, -0.05) is 12.1 Å². The Morgan fingerprint density at radius 1 is 1.36 bits per heavy atom. The number of para-hydroxylation sites is 2. The highest BCUT2D eigenvalue weighted by Crippen LogP contribution is 2.21. The van der Waals surface area contributed by atoms with Gasteiger partial charge in [-0.15, -0.1) is 11.6 Å². The highest BCUT2D eigenvalue weighted by atomic mass is 35.5. The van der Waals surface area contributed by atoms with Crippen LogP contribution >= 0.6 is 11.6 Å². The fraction of sp³-hybridized carbons (Fsp3) is 0.364. The molecule has 0 N–H and O–H groups in total. The molecule has 0 amide bonds. The average molecular weight is 209 g/mol. The molecule has 0 saturated carbocycles. The van der Waals surface area contributed by atoms with Crippen LogP contribution in [0.3, 0.4) is 0 Å². The van der Waals surface area contributed by atoms with Crippen LogP contribution < -0.4 is 0 Å². The summed E-state index contributed by atoms with van der Waals surface area (Å²) in [7, 11) is 0. The Morgan fingerprint density at radius 3 is 2.71 bits per heavy atom. The first kappa shape index (κ1) is 9.53. The largest absolute Gasteiger partial charge is 0.324 e. The molecule has 1 aromatic carbocycles. The molecule has 0 unspecified atom stereocenters. The lowest BCUT2D eigenvalue weighted by Gasteiger charge is -2.11. The predicted molar refractivity (Wildman–Crippen MR) is 59.7 cm³/mol. The first-order valence-electron chi connectivity index (χ1n) is 4.76. The highest BCUT2D eigenvalue weighted by molar-refractivity contribution is 6.16. The maximum atomic E-state index is 5.86. The molecule has 0 spiro atoms. The minimum Gasteiger partial charge on any atom is -0.324 e. The molecule has 0 fully saturated rings. The van der Waals surface area contributed by atoms with E-state index in [4.69, 9.17) is 11.6 Å². The van der Waals surface area contributed by atoms with Crippen molar-refractivity contribution in [3.8, 4) is 0 Å². The first-order chi connectivity index (χ1) is 6.74. The molecule has 0 radical (unpaired) electrons. The van der Waals surface area contributed by atoms with Crippen molar-refractivity contribution >= 4 is 22.6 Å². The number of aromatic nitrogens is 2. The number of alkyl halides is 1. The van der Waals surface area contributed by atoms with Crippen LogP contribution in [0, 0.1) is 0 Å². The quantitative estimate of drug-likeness (QED) is 0.692. The maximum absolute atomic E-state index is 5.86. The third kappa shape index (κ3) is 1.40. The standard InChI is InChI=1S/C11H13ClN2/c1-8(2)14-10-6-4-3-5-9(10)13-11(14)7-12/h3-6,8H,7H2,1-2H3. The van der Waals surface area contributed by atoms with E-state index in [1.54, 1.807) is 0 Å². The van der Waals surface area contributed by atoms with Crippen LogP contribution in [0.1, 0.15) is 25.7 Å². The second-order valence-corrected chi connectivity index (χ2v) is 3.88. The molecule has 0 aliphatic carbocycles. The molecule has 0 saturated heterocycles. The number of nitrogens with zero attached hydrogens (tertiary/aromatic N) is 2. The van der Waals surface area contributed by atoms with Gasteiger partial charge in [-0.3, -0.25) is 0 Å². The number of hydrogen-bond donors (Lipinski definition) is 0. The Morgan fingerprint density at radius 2 is 2.07 bits per heavy atom. The summed E-state index contributed by atoms with van der Waals surface area (Å²) in [5, 5.41) is 0. The Bertz CT molecular complexity index is 445. The number of benzene rings is 1. The highest BCUT2D eigenvalue weighted by Gasteiger charge is 2.10. The van der Waals surface area contributed by atoms with Crippen LogP contribution in [0.2, 0.25) is 0 Å². The maximum Gasteiger partial charge on any atom is 0.125 e. The van der Waals surface area contributed by atoms with E-state index in [9.17, 15) is 0 Å². The van der Waals surface area contributed by atoms with Gasteiger partial charge in [0.2, 0.25) is 0 Å². The van der Waals surface area contributed by atoms with E-state index < -0.39 is 0 Å². The summed E-state index contributed by atoms with van der Waals surface area (Å²) >= 11 is 5.86. The summed E-state index contributed by atoms with van der Waals surface area (Å²) in [6.45, 7) is 4.29. The molecule has 1 heterocycles. The summed E-state index contributed by atoms with van der Waals surface area (Å²) in [5.41, 5.74) is 2.19. The van der Waals surface area contributed by atoms with Crippen LogP contribution in [0.25, 0.3) is 11.0 Å². The SMILES string of the molecule is CC(C)n1c(CCl)nc2ccccc21. The molecule has 74 valence electrons. The lowest BCUT2D eigenvalue weighted by atomic mass is 10.3. The van der Waals surface area contributed by atoms with E-state index in [1.807, 2.05) is 18.2 Å². The summed E-state index contributed by atoms with van der Waals surface area (Å²) < 4.78 is 2.18. The second kappa shape index (κ2) is 3.62. The van der Waals surface area contributed by atoms with Crippen LogP contribution in [0.4, 0.5) is 0 Å². The number of hydrogen-bond acceptors (Lipinski definition) is 1. The van der Waals surface area contributed by atoms with E-state index in [2.05, 4.69) is 29.5 Å². The van der Waals surface area contributed by atoms with E-state index in [0.717, 1.165) is 16.9 Å². The molecule has 2 aromatic rings. The molecule has 0 aliphatic rings. The minimum atomic E-state index is 0.399. The van der Waals surface area contributed by atoms with Crippen molar-refractivity contribution in [3.63, 3.8) is 0 Å². The van der Waals surface area contributed by atoms with Gasteiger partial charge < -0.3 is 4.57 Å². The second-order valence-electron chi connectivity index (χ2n) is 3.61. The smallest absolute Gasteiger partial charge is 0.125 e. The number of halogens is 1. The normalized spacial score (nSPS) is 11.4. The van der Waals surface area contributed by atoms with Gasteiger partial charge in [-0.25, -0.2) is 4.98 Å². The summed E-state index contributed by atoms with van der Waals surface area (Å²) in [4.78, 5) is 4.48. The Kier molecular flexibility index (Phi) is 2.46. The Labute approximate surface area is 88.5 Å². The molecular formula is C11H13ClN2. The Balaban J connectivity index is 2.74. The predicted octanol–water partition coefficient (Wildman–Crippen LogP) is 3.36. The number of rotatable bonds is 2. The third-order valence-corrected chi connectivity index (χ3v) is 2.54. The van der Waals surface area contributed by atoms with Gasteiger partial charge in [0, 0.05) is 6.04 Å². The minimum absolute atomic E-state index is 0.399. The van der Waals surface area contributed by atoms with Crippen molar-refractivity contribution in [3.05, 3.63) is 30.1 Å². The van der Waals surface area contributed by atoms with Crippen LogP contribution in [0.15, 0.2) is 24.3 Å². The van der Waals surface area contributed by atoms with Crippen LogP contribution in [-0.2, 0) is 5.88 Å². The fourth-order valence-electron chi connectivity index (χ4n) is 1.76. The molecule has 14 heavy (non-hydrogen) atoms. The zero-order chi connectivity index (χ0) is 10.1. The van der Waals surface area contributed by atoms with E-state index in [-0.39, 0.29) is 0 Å². The van der Waals surface area contributed by atoms with Crippen LogP contribution in [-0.4, -0.2) is 9.55 Å². The van der Waals surface area contributed by atoms with Gasteiger partial charge in [0.1, 0.15) is 5.82 Å². The molecule has 0 bridgehead atoms. The van der Waals surface area contributed by atoms with Gasteiger partial charge >= 0.3 is 0 Å². The van der Waals surface area contributed by atoms with Gasteiger partial charge in [-0.2, -0.15) is 0 Å². The molecule has 0 aliphatic heterocycles. The number of imidazole rings is 1. The van der Waals surface area contributed by atoms with Crippen molar-refractivity contribution in [2.75, 3.05) is 0 Å². The Hall–Kier alpha value is -1.02. The van der Waals surface area contributed by atoms with Gasteiger partial charge in [-0.05, 0) is 26.0 Å². The molecule has 1 aromatic heterocycles. The van der Waals surface area contributed by atoms with E-state index in [1.165, 1.54) is 0 Å². The van der Waals surface area contributed by atoms with Crippen LogP contribution in [0.5, 0.6) is 0 Å². The summed E-state index contributed by atoms with van der Waals surface area (Å²) in [6, 6.07) is 8.53. The van der Waals surface area contributed by atoms with Crippen molar-refractivity contribution in [2.24, 2.45) is 0 Å². The van der Waals surface area contributed by atoms with Gasteiger partial charge in [0.25, 0.3) is 0 Å². The molecule has 0 atom stereocenters. The summed E-state index contributed by atoms with van der Waals surface area (Å²) in [6.07, 6.45) is 0. The monoisotopic (exact) mass is 208 g/mol. The van der Waals surface area contributed by atoms with Gasteiger partial charge in [0.05, 0.1) is 16.9 Å². The third-order valence-electron chi connectivity index (χ3n) is 2.30. The zero-order valence-corrected chi connectivity index (χ0v) is 9.12. The molecule has 2 rings (SSSR count). The zero-order valence-electron chi connectivity index (χ0n) is 8.37. The topological polar surface area (TPSA) is 17.8 Å². The summed E-state index contributed by atoms with van der Waals surface area (Å²) in [5.74, 6) is 1.41. The van der Waals surface area contributed by atoms with Crippen molar-refractivity contribution in [1.82, 2.24) is 9.55 Å². The number of fused-ring (bicyclic) bond motifs is 1. The molecule has 2 nitrogen and oxygen atoms in total. The van der Waals surface area contributed by atoms with E-state index >= 15 is 0 Å². The lowest BCUT2D eigenvalue weighted by molar-refractivity contribution is 0.597. The lowest BCUT2D eigenvalue weighted by Crippen LogP contribution is -2.04.